The zero-order valence-electron chi connectivity index (χ0n) is 18.1. The van der Waals surface area contributed by atoms with Gasteiger partial charge in [0.05, 0.1) is 4.90 Å². The number of hydrogen-bond acceptors (Lipinski definition) is 4. The van der Waals surface area contributed by atoms with Gasteiger partial charge in [0.25, 0.3) is 0 Å². The Morgan fingerprint density at radius 1 is 0.903 bits per heavy atom. The molecule has 1 aliphatic carbocycles. The van der Waals surface area contributed by atoms with Crippen molar-refractivity contribution in [2.45, 2.75) is 81.6 Å². The summed E-state index contributed by atoms with van der Waals surface area (Å²) in [5.74, 6) is -0.00397. The lowest BCUT2D eigenvalue weighted by molar-refractivity contribution is -0.133. The van der Waals surface area contributed by atoms with Gasteiger partial charge in [-0.25, -0.2) is 13.1 Å². The SMILES string of the molecule is O=C(CCC(=O)N1CCc2cc(S(=O)(=O)NC3CCCC3)ccc21)N1CCCCCC1. The summed E-state index contributed by atoms with van der Waals surface area (Å²) in [6, 6.07) is 5.05. The summed E-state index contributed by atoms with van der Waals surface area (Å²) in [5.41, 5.74) is 1.65. The van der Waals surface area contributed by atoms with Crippen LogP contribution < -0.4 is 9.62 Å². The van der Waals surface area contributed by atoms with Crippen LogP contribution in [0.2, 0.25) is 0 Å². The van der Waals surface area contributed by atoms with Gasteiger partial charge in [0, 0.05) is 44.2 Å². The number of nitrogens with zero attached hydrogens (tertiary/aromatic N) is 2. The maximum atomic E-state index is 12.8. The fraction of sp³-hybridized carbons (Fsp3) is 0.652. The van der Waals surface area contributed by atoms with E-state index in [1.54, 1.807) is 23.1 Å². The number of amides is 2. The summed E-state index contributed by atoms with van der Waals surface area (Å²) in [5, 5.41) is 0. The summed E-state index contributed by atoms with van der Waals surface area (Å²) >= 11 is 0. The molecule has 0 bridgehead atoms. The molecule has 0 aromatic heterocycles. The van der Waals surface area contributed by atoms with E-state index >= 15 is 0 Å². The van der Waals surface area contributed by atoms with E-state index < -0.39 is 10.0 Å². The minimum atomic E-state index is -3.54. The average Bonchev–Trinajstić information content (AvgIpc) is 3.33. The fourth-order valence-electron chi connectivity index (χ4n) is 4.96. The van der Waals surface area contributed by atoms with Crippen molar-refractivity contribution in [1.82, 2.24) is 9.62 Å². The molecule has 0 atom stereocenters. The summed E-state index contributed by atoms with van der Waals surface area (Å²) in [7, 11) is -3.54. The number of fused-ring (bicyclic) bond motifs is 1. The van der Waals surface area contributed by atoms with Gasteiger partial charge in [-0.05, 0) is 55.9 Å². The first-order valence-corrected chi connectivity index (χ1v) is 13.2. The number of anilines is 1. The molecule has 31 heavy (non-hydrogen) atoms. The predicted octanol–water partition coefficient (Wildman–Crippen LogP) is 2.98. The third kappa shape index (κ3) is 5.29. The number of nitrogens with one attached hydrogen (secondary N) is 1. The molecule has 2 aliphatic heterocycles. The van der Waals surface area contributed by atoms with Gasteiger partial charge in [-0.1, -0.05) is 25.7 Å². The second kappa shape index (κ2) is 9.69. The molecular formula is C23H33N3O4S. The van der Waals surface area contributed by atoms with Crippen LogP contribution in [0.3, 0.4) is 0 Å². The topological polar surface area (TPSA) is 86.8 Å². The monoisotopic (exact) mass is 447 g/mol. The zero-order chi connectivity index (χ0) is 21.8. The third-order valence-electron chi connectivity index (χ3n) is 6.75. The van der Waals surface area contributed by atoms with Crippen molar-refractivity contribution in [3.63, 3.8) is 0 Å². The lowest BCUT2D eigenvalue weighted by atomic mass is 10.2. The standard InChI is InChI=1S/C23H33N3O4S/c27-22(25-14-5-1-2-6-15-25)11-12-23(28)26-16-13-18-17-20(9-10-21(18)26)31(29,30)24-19-7-3-4-8-19/h9-10,17,19,24H,1-8,11-16H2. The maximum absolute atomic E-state index is 12.8. The molecular weight excluding hydrogens is 414 g/mol. The van der Waals surface area contributed by atoms with E-state index in [0.29, 0.717) is 13.0 Å². The highest BCUT2D eigenvalue weighted by Crippen LogP contribution is 2.31. The van der Waals surface area contributed by atoms with Gasteiger partial charge in [-0.15, -0.1) is 0 Å². The Morgan fingerprint density at radius 3 is 2.29 bits per heavy atom. The van der Waals surface area contributed by atoms with Gasteiger partial charge in [0.15, 0.2) is 0 Å². The molecule has 2 fully saturated rings. The first-order valence-electron chi connectivity index (χ1n) is 11.7. The molecule has 0 spiro atoms. The van der Waals surface area contributed by atoms with E-state index in [2.05, 4.69) is 4.72 Å². The highest BCUT2D eigenvalue weighted by Gasteiger charge is 2.29. The molecule has 4 rings (SSSR count). The van der Waals surface area contributed by atoms with Crippen LogP contribution in [0.1, 0.15) is 69.8 Å². The second-order valence-electron chi connectivity index (χ2n) is 8.98. The van der Waals surface area contributed by atoms with Crippen molar-refractivity contribution in [3.05, 3.63) is 23.8 Å². The summed E-state index contributed by atoms with van der Waals surface area (Å²) in [6.45, 7) is 2.13. The van der Waals surface area contributed by atoms with Gasteiger partial charge >= 0.3 is 0 Å². The Labute approximate surface area is 185 Å². The van der Waals surface area contributed by atoms with Crippen molar-refractivity contribution < 1.29 is 18.0 Å². The minimum Gasteiger partial charge on any atom is -0.343 e. The Bertz CT molecular complexity index is 917. The largest absolute Gasteiger partial charge is 0.343 e. The van der Waals surface area contributed by atoms with E-state index in [9.17, 15) is 18.0 Å². The van der Waals surface area contributed by atoms with Crippen LogP contribution in [0, 0.1) is 0 Å². The highest BCUT2D eigenvalue weighted by molar-refractivity contribution is 7.89. The van der Waals surface area contributed by atoms with Gasteiger partial charge in [0.1, 0.15) is 0 Å². The molecule has 8 heteroatoms. The van der Waals surface area contributed by atoms with Crippen LogP contribution in [0.5, 0.6) is 0 Å². The second-order valence-corrected chi connectivity index (χ2v) is 10.7. The molecule has 1 aromatic rings. The molecule has 1 aromatic carbocycles. The van der Waals surface area contributed by atoms with Crippen molar-refractivity contribution in [1.29, 1.82) is 0 Å². The third-order valence-corrected chi connectivity index (χ3v) is 8.26. The Hall–Kier alpha value is -1.93. The van der Waals surface area contributed by atoms with Gasteiger partial charge in [-0.2, -0.15) is 0 Å². The summed E-state index contributed by atoms with van der Waals surface area (Å²) < 4.78 is 28.3. The fourth-order valence-corrected chi connectivity index (χ4v) is 6.32. The van der Waals surface area contributed by atoms with Gasteiger partial charge in [-0.3, -0.25) is 9.59 Å². The van der Waals surface area contributed by atoms with Crippen molar-refractivity contribution in [2.75, 3.05) is 24.5 Å². The summed E-state index contributed by atoms with van der Waals surface area (Å²) in [6.07, 6.45) is 9.39. The number of carbonyl (C=O) groups is 2. The van der Waals surface area contributed by atoms with Gasteiger partial charge in [0.2, 0.25) is 21.8 Å². The first kappa shape index (κ1) is 22.3. The van der Waals surface area contributed by atoms with Crippen molar-refractivity contribution in [2.24, 2.45) is 0 Å². The van der Waals surface area contributed by atoms with Crippen molar-refractivity contribution in [3.8, 4) is 0 Å². The van der Waals surface area contributed by atoms with E-state index in [1.807, 2.05) is 4.90 Å². The molecule has 170 valence electrons. The average molecular weight is 448 g/mol. The van der Waals surface area contributed by atoms with Crippen LogP contribution in [0.4, 0.5) is 5.69 Å². The van der Waals surface area contributed by atoms with Crippen LogP contribution in [-0.4, -0.2) is 50.8 Å². The van der Waals surface area contributed by atoms with Crippen LogP contribution in [-0.2, 0) is 26.0 Å². The van der Waals surface area contributed by atoms with E-state index in [4.69, 9.17) is 0 Å². The predicted molar refractivity (Wildman–Crippen MR) is 119 cm³/mol. The molecule has 3 aliphatic rings. The Morgan fingerprint density at radius 2 is 1.58 bits per heavy atom. The number of benzene rings is 1. The highest BCUT2D eigenvalue weighted by atomic mass is 32.2. The normalized spacial score (nSPS) is 20.0. The molecule has 1 N–H and O–H groups in total. The van der Waals surface area contributed by atoms with Crippen molar-refractivity contribution >= 4 is 27.5 Å². The zero-order valence-corrected chi connectivity index (χ0v) is 19.0. The Balaban J connectivity index is 1.36. The number of hydrogen-bond donors (Lipinski definition) is 1. The summed E-state index contributed by atoms with van der Waals surface area (Å²) in [4.78, 5) is 29.2. The number of carbonyl (C=O) groups excluding carboxylic acids is 2. The smallest absolute Gasteiger partial charge is 0.240 e. The van der Waals surface area contributed by atoms with Gasteiger partial charge < -0.3 is 9.80 Å². The van der Waals surface area contributed by atoms with E-state index in [1.165, 1.54) is 12.8 Å². The lowest BCUT2D eigenvalue weighted by Gasteiger charge is -2.21. The number of sulfonamides is 1. The van der Waals surface area contributed by atoms with E-state index in [-0.39, 0.29) is 35.6 Å². The minimum absolute atomic E-state index is 0.0260. The Kier molecular flexibility index (Phi) is 6.96. The lowest BCUT2D eigenvalue weighted by Crippen LogP contribution is -2.34. The number of likely N-dealkylation sites (tertiary alicyclic amines) is 1. The molecule has 0 radical (unpaired) electrons. The maximum Gasteiger partial charge on any atom is 0.240 e. The molecule has 2 amide bonds. The molecule has 7 nitrogen and oxygen atoms in total. The van der Waals surface area contributed by atoms with Crippen LogP contribution >= 0.6 is 0 Å². The first-order chi connectivity index (χ1) is 14.9. The molecule has 1 saturated heterocycles. The van der Waals surface area contributed by atoms with E-state index in [0.717, 1.165) is 62.9 Å². The number of rotatable bonds is 6. The quantitative estimate of drug-likeness (QED) is 0.726. The molecule has 2 heterocycles. The molecule has 1 saturated carbocycles. The van der Waals surface area contributed by atoms with Crippen LogP contribution in [0.25, 0.3) is 0 Å². The van der Waals surface area contributed by atoms with Crippen LogP contribution in [0.15, 0.2) is 23.1 Å². The molecule has 0 unspecified atom stereocenters.